The fourth-order valence-electron chi connectivity index (χ4n) is 4.03. The molecule has 2 fully saturated rings. The smallest absolute Gasteiger partial charge is 0.228 e. The van der Waals surface area contributed by atoms with Crippen LogP contribution in [0.15, 0.2) is 78.0 Å². The van der Waals surface area contributed by atoms with E-state index in [1.54, 1.807) is 6.08 Å². The average molecular weight is 416 g/mol. The molecule has 1 saturated heterocycles. The van der Waals surface area contributed by atoms with E-state index in [2.05, 4.69) is 52.8 Å². The Labute approximate surface area is 184 Å². The van der Waals surface area contributed by atoms with Crippen LogP contribution in [0.2, 0.25) is 0 Å². The zero-order valence-electron chi connectivity index (χ0n) is 17.8. The zero-order valence-corrected chi connectivity index (χ0v) is 17.8. The Hall–Kier alpha value is -3.02. The minimum atomic E-state index is -0.0459. The Bertz CT molecular complexity index is 957. The molecule has 2 unspecified atom stereocenters. The zero-order chi connectivity index (χ0) is 21.6. The minimum absolute atomic E-state index is 0.0313. The summed E-state index contributed by atoms with van der Waals surface area (Å²) >= 11 is 0. The number of carbonyl (C=O) groups is 1. The molecule has 0 spiro atoms. The molecular formula is C26H29N3O2. The van der Waals surface area contributed by atoms with Crippen LogP contribution in [0, 0.1) is 11.8 Å². The summed E-state index contributed by atoms with van der Waals surface area (Å²) in [7, 11) is 0. The molecule has 160 valence electrons. The third-order valence-electron chi connectivity index (χ3n) is 5.93. The first kappa shape index (κ1) is 21.2. The third kappa shape index (κ3) is 5.37. The van der Waals surface area contributed by atoms with Gasteiger partial charge >= 0.3 is 0 Å². The summed E-state index contributed by atoms with van der Waals surface area (Å²) in [6, 6.07) is 16.7. The molecule has 1 amide bonds. The molecule has 1 N–H and O–H groups in total. The van der Waals surface area contributed by atoms with Crippen LogP contribution in [0.25, 0.3) is 11.1 Å². The predicted molar refractivity (Wildman–Crippen MR) is 126 cm³/mol. The Morgan fingerprint density at radius 1 is 1.06 bits per heavy atom. The second-order valence-electron chi connectivity index (χ2n) is 8.09. The van der Waals surface area contributed by atoms with E-state index >= 15 is 0 Å². The highest BCUT2D eigenvalue weighted by Gasteiger charge is 2.45. The van der Waals surface area contributed by atoms with Crippen LogP contribution in [0.1, 0.15) is 12.0 Å². The van der Waals surface area contributed by atoms with Crippen molar-refractivity contribution in [1.82, 2.24) is 4.90 Å². The molecule has 4 rings (SSSR count). The molecule has 1 aliphatic heterocycles. The fourth-order valence-corrected chi connectivity index (χ4v) is 4.03. The predicted octanol–water partition coefficient (Wildman–Crippen LogP) is 4.53. The standard InChI is InChI=1S/C26H29N3O2/c1-3-4-25(27-2)23-17-24(23)26(30)28-22-11-9-21(10-12-22)20-7-5-19(6-8-20)18-29-13-15-31-16-14-29/h3-12,23-24H,1-2,13-18H2,(H,28,30)/b25-4-. The van der Waals surface area contributed by atoms with E-state index in [0.29, 0.717) is 0 Å². The van der Waals surface area contributed by atoms with Gasteiger partial charge in [-0.25, -0.2) is 0 Å². The van der Waals surface area contributed by atoms with Gasteiger partial charge < -0.3 is 10.1 Å². The molecule has 5 nitrogen and oxygen atoms in total. The number of hydrogen-bond acceptors (Lipinski definition) is 4. The lowest BCUT2D eigenvalue weighted by Gasteiger charge is -2.26. The van der Waals surface area contributed by atoms with Crippen molar-refractivity contribution in [1.29, 1.82) is 0 Å². The lowest BCUT2D eigenvalue weighted by molar-refractivity contribution is -0.117. The van der Waals surface area contributed by atoms with Crippen molar-refractivity contribution in [3.63, 3.8) is 0 Å². The van der Waals surface area contributed by atoms with E-state index in [-0.39, 0.29) is 17.7 Å². The van der Waals surface area contributed by atoms with Crippen molar-refractivity contribution in [2.75, 3.05) is 31.6 Å². The number of amides is 1. The Morgan fingerprint density at radius 2 is 1.71 bits per heavy atom. The Kier molecular flexibility index (Phi) is 6.75. The topological polar surface area (TPSA) is 53.9 Å². The van der Waals surface area contributed by atoms with Crippen LogP contribution in [-0.4, -0.2) is 43.8 Å². The maximum Gasteiger partial charge on any atom is 0.228 e. The summed E-state index contributed by atoms with van der Waals surface area (Å²) in [5.41, 5.74) is 5.26. The molecule has 2 aromatic rings. The van der Waals surface area contributed by atoms with E-state index in [4.69, 9.17) is 4.74 Å². The largest absolute Gasteiger partial charge is 0.379 e. The number of aliphatic imine (C=N–C) groups is 1. The van der Waals surface area contributed by atoms with Gasteiger partial charge in [-0.1, -0.05) is 49.1 Å². The van der Waals surface area contributed by atoms with E-state index in [1.807, 2.05) is 30.3 Å². The number of ether oxygens (including phenoxy) is 1. The summed E-state index contributed by atoms with van der Waals surface area (Å²) in [5, 5.41) is 3.02. The molecule has 5 heteroatoms. The number of benzene rings is 2. The van der Waals surface area contributed by atoms with Crippen LogP contribution in [-0.2, 0) is 16.1 Å². The van der Waals surface area contributed by atoms with Crippen LogP contribution >= 0.6 is 0 Å². The highest BCUT2D eigenvalue weighted by molar-refractivity contribution is 5.95. The monoisotopic (exact) mass is 415 g/mol. The summed E-state index contributed by atoms with van der Waals surface area (Å²) in [6.45, 7) is 11.9. The van der Waals surface area contributed by atoms with E-state index in [9.17, 15) is 4.79 Å². The van der Waals surface area contributed by atoms with Crippen molar-refractivity contribution in [3.05, 3.63) is 78.5 Å². The summed E-state index contributed by atoms with van der Waals surface area (Å²) in [4.78, 5) is 19.0. The first-order valence-corrected chi connectivity index (χ1v) is 10.8. The summed E-state index contributed by atoms with van der Waals surface area (Å²) in [5.74, 6) is 0.130. The van der Waals surface area contributed by atoms with Gasteiger partial charge in [0.05, 0.1) is 13.2 Å². The summed E-state index contributed by atoms with van der Waals surface area (Å²) in [6.07, 6.45) is 4.32. The van der Waals surface area contributed by atoms with Crippen molar-refractivity contribution in [3.8, 4) is 11.1 Å². The number of nitrogens with one attached hydrogen (secondary N) is 1. The second-order valence-corrected chi connectivity index (χ2v) is 8.09. The van der Waals surface area contributed by atoms with Gasteiger partial charge in [-0.2, -0.15) is 0 Å². The summed E-state index contributed by atoms with van der Waals surface area (Å²) < 4.78 is 5.41. The number of nitrogens with zero attached hydrogens (tertiary/aromatic N) is 2. The number of allylic oxidation sites excluding steroid dienone is 3. The molecule has 0 radical (unpaired) electrons. The molecule has 1 heterocycles. The van der Waals surface area contributed by atoms with Crippen LogP contribution < -0.4 is 5.32 Å². The van der Waals surface area contributed by atoms with Gasteiger partial charge in [0.2, 0.25) is 5.91 Å². The van der Waals surface area contributed by atoms with E-state index < -0.39 is 0 Å². The average Bonchev–Trinajstić information content (AvgIpc) is 3.60. The van der Waals surface area contributed by atoms with Crippen LogP contribution in [0.4, 0.5) is 5.69 Å². The van der Waals surface area contributed by atoms with Gasteiger partial charge in [0, 0.05) is 42.9 Å². The van der Waals surface area contributed by atoms with Gasteiger partial charge in [0.1, 0.15) is 0 Å². The van der Waals surface area contributed by atoms with Gasteiger partial charge in [-0.05, 0) is 48.0 Å². The van der Waals surface area contributed by atoms with E-state index in [1.165, 1.54) is 11.1 Å². The first-order valence-electron chi connectivity index (χ1n) is 10.8. The molecule has 2 aliphatic rings. The number of hydrogen-bond donors (Lipinski definition) is 1. The van der Waals surface area contributed by atoms with Crippen molar-refractivity contribution < 1.29 is 9.53 Å². The van der Waals surface area contributed by atoms with E-state index in [0.717, 1.165) is 56.2 Å². The third-order valence-corrected chi connectivity index (χ3v) is 5.93. The van der Waals surface area contributed by atoms with Gasteiger partial charge in [-0.15, -0.1) is 0 Å². The molecule has 2 atom stereocenters. The lowest BCUT2D eigenvalue weighted by Crippen LogP contribution is -2.35. The van der Waals surface area contributed by atoms with Crippen molar-refractivity contribution in [2.24, 2.45) is 16.8 Å². The number of rotatable bonds is 8. The highest BCUT2D eigenvalue weighted by Crippen LogP contribution is 2.45. The number of carbonyl (C=O) groups excluding carboxylic acids is 1. The molecule has 0 aromatic heterocycles. The van der Waals surface area contributed by atoms with Crippen molar-refractivity contribution in [2.45, 2.75) is 13.0 Å². The maximum absolute atomic E-state index is 12.5. The number of morpholine rings is 1. The SMILES string of the molecule is C=C/C=C(\N=C)C1CC1C(=O)Nc1ccc(-c2ccc(CN3CCOCC3)cc2)cc1. The molecular weight excluding hydrogens is 386 g/mol. The second kappa shape index (κ2) is 9.86. The minimum Gasteiger partial charge on any atom is -0.379 e. The van der Waals surface area contributed by atoms with Crippen LogP contribution in [0.3, 0.4) is 0 Å². The Morgan fingerprint density at radius 3 is 2.32 bits per heavy atom. The first-order chi connectivity index (χ1) is 15.2. The fraction of sp³-hybridized carbons (Fsp3) is 0.308. The normalized spacial score (nSPS) is 21.4. The Balaban J connectivity index is 1.33. The molecule has 2 aromatic carbocycles. The highest BCUT2D eigenvalue weighted by atomic mass is 16.5. The molecule has 1 aliphatic carbocycles. The van der Waals surface area contributed by atoms with Crippen LogP contribution in [0.5, 0.6) is 0 Å². The molecule has 31 heavy (non-hydrogen) atoms. The van der Waals surface area contributed by atoms with Gasteiger partial charge in [0.15, 0.2) is 0 Å². The molecule has 1 saturated carbocycles. The number of anilines is 1. The molecule has 0 bridgehead atoms. The lowest BCUT2D eigenvalue weighted by atomic mass is 10.0. The van der Waals surface area contributed by atoms with Gasteiger partial charge in [-0.3, -0.25) is 14.7 Å². The van der Waals surface area contributed by atoms with Gasteiger partial charge in [0.25, 0.3) is 0 Å². The quantitative estimate of drug-likeness (QED) is 0.509. The maximum atomic E-state index is 12.5. The van der Waals surface area contributed by atoms with Crippen molar-refractivity contribution >= 4 is 18.3 Å².